The first-order chi connectivity index (χ1) is 12.1. The number of hydrogen-bond acceptors (Lipinski definition) is 3. The number of nitrogens with one attached hydrogen (secondary N) is 1. The predicted octanol–water partition coefficient (Wildman–Crippen LogP) is 3.33. The van der Waals surface area contributed by atoms with Gasteiger partial charge in [-0.15, -0.1) is 0 Å². The summed E-state index contributed by atoms with van der Waals surface area (Å²) in [5, 5.41) is 2.87. The number of furan rings is 1. The Balaban J connectivity index is 1.35. The zero-order valence-electron chi connectivity index (χ0n) is 15.0. The summed E-state index contributed by atoms with van der Waals surface area (Å²) in [4.78, 5) is 25.7. The fourth-order valence-corrected chi connectivity index (χ4v) is 3.35. The number of hydrogen-bond donors (Lipinski definition) is 1. The molecule has 1 aromatic rings. The number of amides is 2. The highest BCUT2D eigenvalue weighted by Crippen LogP contribution is 2.47. The van der Waals surface area contributed by atoms with Crippen LogP contribution < -0.4 is 5.32 Å². The maximum atomic E-state index is 11.9. The molecule has 136 valence electrons. The Morgan fingerprint density at radius 1 is 1.36 bits per heavy atom. The Labute approximate surface area is 149 Å². The van der Waals surface area contributed by atoms with Gasteiger partial charge < -0.3 is 14.6 Å². The standard InChI is InChI=1S/C20H28N2O3/c1-15-14-17(15)18-9-7-16(25-18)8-10-19(23)21-11-5-13-22-12-4-2-3-6-20(22)24/h7-10,15,17H,2-6,11-14H2,1H3,(H,21,23)/b10-8+. The van der Waals surface area contributed by atoms with Gasteiger partial charge in [-0.3, -0.25) is 9.59 Å². The second kappa shape index (κ2) is 8.37. The van der Waals surface area contributed by atoms with E-state index in [0.29, 0.717) is 24.8 Å². The van der Waals surface area contributed by atoms with Crippen LogP contribution in [0.3, 0.4) is 0 Å². The van der Waals surface area contributed by atoms with Crippen molar-refractivity contribution in [1.82, 2.24) is 10.2 Å². The Hall–Kier alpha value is -2.04. The molecule has 1 saturated carbocycles. The summed E-state index contributed by atoms with van der Waals surface area (Å²) >= 11 is 0. The van der Waals surface area contributed by atoms with Crippen molar-refractivity contribution in [2.45, 2.75) is 51.4 Å². The third-order valence-corrected chi connectivity index (χ3v) is 5.10. The number of carbonyl (C=O) groups excluding carboxylic acids is 2. The Bertz CT molecular complexity index is 635. The van der Waals surface area contributed by atoms with Gasteiger partial charge in [0.15, 0.2) is 0 Å². The second-order valence-electron chi connectivity index (χ2n) is 7.23. The molecule has 1 aliphatic heterocycles. The smallest absolute Gasteiger partial charge is 0.244 e. The average molecular weight is 344 g/mol. The van der Waals surface area contributed by atoms with Gasteiger partial charge in [0.05, 0.1) is 0 Å². The van der Waals surface area contributed by atoms with Crippen molar-refractivity contribution in [3.05, 3.63) is 29.7 Å². The molecule has 2 atom stereocenters. The van der Waals surface area contributed by atoms with Gasteiger partial charge in [0.1, 0.15) is 11.5 Å². The molecule has 2 fully saturated rings. The minimum absolute atomic E-state index is 0.125. The minimum atomic E-state index is -0.125. The van der Waals surface area contributed by atoms with Crippen molar-refractivity contribution in [2.24, 2.45) is 5.92 Å². The largest absolute Gasteiger partial charge is 0.461 e. The van der Waals surface area contributed by atoms with Crippen molar-refractivity contribution in [3.8, 4) is 0 Å². The lowest BCUT2D eigenvalue weighted by molar-refractivity contribution is -0.130. The maximum Gasteiger partial charge on any atom is 0.244 e. The van der Waals surface area contributed by atoms with Crippen LogP contribution in [0.25, 0.3) is 6.08 Å². The van der Waals surface area contributed by atoms with E-state index < -0.39 is 0 Å². The lowest BCUT2D eigenvalue weighted by Gasteiger charge is -2.20. The molecular weight excluding hydrogens is 316 g/mol. The predicted molar refractivity (Wildman–Crippen MR) is 96.9 cm³/mol. The van der Waals surface area contributed by atoms with Crippen LogP contribution in [0, 0.1) is 5.92 Å². The fourth-order valence-electron chi connectivity index (χ4n) is 3.35. The zero-order chi connectivity index (χ0) is 17.6. The highest BCUT2D eigenvalue weighted by Gasteiger charge is 2.36. The summed E-state index contributed by atoms with van der Waals surface area (Å²) < 4.78 is 5.75. The van der Waals surface area contributed by atoms with Crippen LogP contribution in [0.2, 0.25) is 0 Å². The molecule has 0 spiro atoms. The molecular formula is C20H28N2O3. The monoisotopic (exact) mass is 344 g/mol. The number of nitrogens with zero attached hydrogens (tertiary/aromatic N) is 1. The van der Waals surface area contributed by atoms with Crippen LogP contribution in [0.4, 0.5) is 0 Å². The van der Waals surface area contributed by atoms with Gasteiger partial charge in [0.25, 0.3) is 0 Å². The van der Waals surface area contributed by atoms with Crippen LogP contribution >= 0.6 is 0 Å². The third-order valence-electron chi connectivity index (χ3n) is 5.10. The SMILES string of the molecule is CC1CC1c1ccc(/C=C/C(=O)NCCCN2CCCCCC2=O)o1. The summed E-state index contributed by atoms with van der Waals surface area (Å²) in [5.74, 6) is 3.14. The molecule has 3 rings (SSSR count). The molecule has 2 aliphatic rings. The van der Waals surface area contributed by atoms with Crippen molar-refractivity contribution >= 4 is 17.9 Å². The van der Waals surface area contributed by atoms with Crippen molar-refractivity contribution < 1.29 is 14.0 Å². The van der Waals surface area contributed by atoms with Crippen molar-refractivity contribution in [1.29, 1.82) is 0 Å². The van der Waals surface area contributed by atoms with E-state index in [4.69, 9.17) is 4.42 Å². The summed E-state index contributed by atoms with van der Waals surface area (Å²) in [6.45, 7) is 4.38. The third kappa shape index (κ3) is 5.21. The van der Waals surface area contributed by atoms with Gasteiger partial charge in [-0.2, -0.15) is 0 Å². The van der Waals surface area contributed by atoms with Crippen molar-refractivity contribution in [2.75, 3.05) is 19.6 Å². The molecule has 0 bridgehead atoms. The number of likely N-dealkylation sites (tertiary alicyclic amines) is 1. The highest BCUT2D eigenvalue weighted by molar-refractivity contribution is 5.91. The molecule has 2 unspecified atom stereocenters. The quantitative estimate of drug-likeness (QED) is 0.610. The van der Waals surface area contributed by atoms with E-state index in [9.17, 15) is 9.59 Å². The Morgan fingerprint density at radius 2 is 2.20 bits per heavy atom. The summed E-state index contributed by atoms with van der Waals surface area (Å²) in [5.41, 5.74) is 0. The number of rotatable bonds is 7. The first kappa shape index (κ1) is 17.8. The van der Waals surface area contributed by atoms with Crippen LogP contribution in [0.15, 0.2) is 22.6 Å². The van der Waals surface area contributed by atoms with Gasteiger partial charge in [-0.05, 0) is 49.8 Å². The maximum absolute atomic E-state index is 11.9. The topological polar surface area (TPSA) is 62.6 Å². The minimum Gasteiger partial charge on any atom is -0.461 e. The van der Waals surface area contributed by atoms with Crippen LogP contribution in [0.1, 0.15) is 62.9 Å². The normalized spacial score (nSPS) is 23.7. The molecule has 1 aliphatic carbocycles. The van der Waals surface area contributed by atoms with Gasteiger partial charge in [0, 0.05) is 38.0 Å². The van der Waals surface area contributed by atoms with E-state index in [1.165, 1.54) is 12.5 Å². The molecule has 5 nitrogen and oxygen atoms in total. The molecule has 0 radical (unpaired) electrons. The van der Waals surface area contributed by atoms with Crippen LogP contribution in [-0.2, 0) is 9.59 Å². The molecule has 25 heavy (non-hydrogen) atoms. The molecule has 1 saturated heterocycles. The van der Waals surface area contributed by atoms with Crippen LogP contribution in [-0.4, -0.2) is 36.3 Å². The van der Waals surface area contributed by atoms with E-state index >= 15 is 0 Å². The molecule has 1 N–H and O–H groups in total. The van der Waals surface area contributed by atoms with E-state index in [1.807, 2.05) is 17.0 Å². The van der Waals surface area contributed by atoms with Gasteiger partial charge in [-0.1, -0.05) is 13.3 Å². The first-order valence-electron chi connectivity index (χ1n) is 9.47. The highest BCUT2D eigenvalue weighted by atomic mass is 16.3. The average Bonchev–Trinajstić information content (AvgIpc) is 3.20. The first-order valence-corrected chi connectivity index (χ1v) is 9.47. The molecule has 5 heteroatoms. The van der Waals surface area contributed by atoms with E-state index in [2.05, 4.69) is 12.2 Å². The number of carbonyl (C=O) groups is 2. The molecule has 0 aromatic carbocycles. The van der Waals surface area contributed by atoms with Gasteiger partial charge in [-0.25, -0.2) is 0 Å². The zero-order valence-corrected chi connectivity index (χ0v) is 15.0. The molecule has 2 amide bonds. The second-order valence-corrected chi connectivity index (χ2v) is 7.23. The van der Waals surface area contributed by atoms with Gasteiger partial charge in [0.2, 0.25) is 11.8 Å². The lowest BCUT2D eigenvalue weighted by Crippen LogP contribution is -2.33. The Morgan fingerprint density at radius 3 is 3.00 bits per heavy atom. The van der Waals surface area contributed by atoms with Gasteiger partial charge >= 0.3 is 0 Å². The van der Waals surface area contributed by atoms with E-state index in [1.54, 1.807) is 6.08 Å². The lowest BCUT2D eigenvalue weighted by atomic mass is 10.2. The van der Waals surface area contributed by atoms with E-state index in [0.717, 1.165) is 50.3 Å². The Kier molecular flexibility index (Phi) is 5.95. The van der Waals surface area contributed by atoms with Crippen LogP contribution in [0.5, 0.6) is 0 Å². The summed E-state index contributed by atoms with van der Waals surface area (Å²) in [6.07, 6.45) is 9.10. The fraction of sp³-hybridized carbons (Fsp3) is 0.600. The van der Waals surface area contributed by atoms with Crippen molar-refractivity contribution in [3.63, 3.8) is 0 Å². The summed E-state index contributed by atoms with van der Waals surface area (Å²) in [7, 11) is 0. The van der Waals surface area contributed by atoms with E-state index in [-0.39, 0.29) is 11.8 Å². The molecule has 2 heterocycles. The summed E-state index contributed by atoms with van der Waals surface area (Å²) in [6, 6.07) is 3.92. The molecule has 1 aromatic heterocycles.